The van der Waals surface area contributed by atoms with E-state index in [1.54, 1.807) is 4.90 Å². The molecule has 1 fully saturated rings. The normalized spacial score (nSPS) is 19.4. The van der Waals surface area contributed by atoms with Crippen LogP contribution in [0.1, 0.15) is 29.8 Å². The first-order valence-corrected chi connectivity index (χ1v) is 6.34. The third kappa shape index (κ3) is 3.11. The zero-order chi connectivity index (χ0) is 13.8. The van der Waals surface area contributed by atoms with Crippen molar-refractivity contribution in [2.45, 2.75) is 19.3 Å². The Kier molecular flexibility index (Phi) is 4.16. The van der Waals surface area contributed by atoms with Gasteiger partial charge in [0, 0.05) is 25.8 Å². The van der Waals surface area contributed by atoms with Crippen molar-refractivity contribution in [2.24, 2.45) is 5.92 Å². The molecule has 7 heteroatoms. The molecule has 104 valence electrons. The largest absolute Gasteiger partial charge is 0.396 e. The first kappa shape index (κ1) is 13.5. The average molecular weight is 267 g/mol. The molecule has 0 aliphatic carbocycles. The molecule has 2 heterocycles. The van der Waals surface area contributed by atoms with E-state index in [-0.39, 0.29) is 23.9 Å². The molecule has 1 saturated heterocycles. The predicted molar refractivity (Wildman–Crippen MR) is 67.8 cm³/mol. The van der Waals surface area contributed by atoms with E-state index in [1.165, 1.54) is 12.3 Å². The molecule has 1 aromatic heterocycles. The summed E-state index contributed by atoms with van der Waals surface area (Å²) in [4.78, 5) is 26.6. The minimum atomic E-state index is -0.530. The van der Waals surface area contributed by atoms with Gasteiger partial charge in [0.2, 0.25) is 0 Å². The zero-order valence-corrected chi connectivity index (χ0v) is 10.5. The molecule has 19 heavy (non-hydrogen) atoms. The highest BCUT2D eigenvalue weighted by molar-refractivity contribution is 5.93. The Morgan fingerprint density at radius 1 is 1.63 bits per heavy atom. The maximum Gasteiger partial charge on any atom is 0.287 e. The topological polar surface area (TPSA) is 99.5 Å². The Hall–Kier alpha value is -1.89. The Bertz CT molecular complexity index is 469. The number of nitrogens with zero attached hydrogens (tertiary/aromatic N) is 2. The van der Waals surface area contributed by atoms with Gasteiger partial charge in [0.1, 0.15) is 5.69 Å². The van der Waals surface area contributed by atoms with Crippen LogP contribution >= 0.6 is 0 Å². The number of nitrogens with one attached hydrogen (secondary N) is 1. The molecule has 2 N–H and O–H groups in total. The molecule has 1 aliphatic heterocycles. The van der Waals surface area contributed by atoms with Crippen molar-refractivity contribution in [3.63, 3.8) is 0 Å². The number of aromatic amines is 1. The summed E-state index contributed by atoms with van der Waals surface area (Å²) in [5.41, 5.74) is 0.142. The van der Waals surface area contributed by atoms with Crippen LogP contribution in [0.4, 0.5) is 5.69 Å². The predicted octanol–water partition coefficient (Wildman–Crippen LogP) is 1.16. The van der Waals surface area contributed by atoms with E-state index in [0.29, 0.717) is 25.4 Å². The summed E-state index contributed by atoms with van der Waals surface area (Å²) in [6.07, 6.45) is 3.82. The van der Waals surface area contributed by atoms with Crippen molar-refractivity contribution in [1.82, 2.24) is 9.88 Å². The van der Waals surface area contributed by atoms with Crippen LogP contribution in [0, 0.1) is 16.0 Å². The van der Waals surface area contributed by atoms with Gasteiger partial charge in [0.15, 0.2) is 0 Å². The van der Waals surface area contributed by atoms with E-state index in [4.69, 9.17) is 5.11 Å². The smallest absolute Gasteiger partial charge is 0.287 e. The van der Waals surface area contributed by atoms with E-state index in [9.17, 15) is 14.9 Å². The fraction of sp³-hybridized carbons (Fsp3) is 0.583. The summed E-state index contributed by atoms with van der Waals surface area (Å²) < 4.78 is 0. The highest BCUT2D eigenvalue weighted by Gasteiger charge is 2.25. The molecule has 0 aromatic carbocycles. The molecule has 0 spiro atoms. The van der Waals surface area contributed by atoms with Crippen molar-refractivity contribution in [3.8, 4) is 0 Å². The number of carbonyl (C=O) groups is 1. The van der Waals surface area contributed by atoms with E-state index in [0.717, 1.165) is 12.8 Å². The van der Waals surface area contributed by atoms with Crippen molar-refractivity contribution in [3.05, 3.63) is 28.1 Å². The van der Waals surface area contributed by atoms with Gasteiger partial charge in [-0.2, -0.15) is 0 Å². The third-order valence-electron chi connectivity index (χ3n) is 3.45. The second-order valence-electron chi connectivity index (χ2n) is 4.80. The minimum Gasteiger partial charge on any atom is -0.396 e. The SMILES string of the molecule is O=C(c1cc([N+](=O)[O-])c[nH]1)N1CCCC(CCO)C1. The number of aliphatic hydroxyl groups excluding tert-OH is 1. The minimum absolute atomic E-state index is 0.104. The monoisotopic (exact) mass is 267 g/mol. The lowest BCUT2D eigenvalue weighted by Gasteiger charge is -2.32. The number of aliphatic hydroxyl groups is 1. The van der Waals surface area contributed by atoms with E-state index >= 15 is 0 Å². The van der Waals surface area contributed by atoms with Gasteiger partial charge < -0.3 is 15.0 Å². The van der Waals surface area contributed by atoms with Crippen molar-refractivity contribution in [1.29, 1.82) is 0 Å². The standard InChI is InChI=1S/C12H17N3O4/c16-5-3-9-2-1-4-14(8-9)12(17)11-6-10(7-13-11)15(18)19/h6-7,9,13,16H,1-5,8H2. The Balaban J connectivity index is 2.03. The molecule has 1 aliphatic rings. The lowest BCUT2D eigenvalue weighted by molar-refractivity contribution is -0.384. The Labute approximate surface area is 110 Å². The summed E-state index contributed by atoms with van der Waals surface area (Å²) in [7, 11) is 0. The van der Waals surface area contributed by atoms with Gasteiger partial charge in [0.05, 0.1) is 11.1 Å². The number of piperidine rings is 1. The van der Waals surface area contributed by atoms with Crippen LogP contribution in [0.5, 0.6) is 0 Å². The van der Waals surface area contributed by atoms with Gasteiger partial charge in [-0.15, -0.1) is 0 Å². The molecule has 7 nitrogen and oxygen atoms in total. The van der Waals surface area contributed by atoms with Gasteiger partial charge in [-0.1, -0.05) is 0 Å². The molecule has 1 aromatic rings. The molecule has 2 rings (SSSR count). The van der Waals surface area contributed by atoms with Gasteiger partial charge in [0.25, 0.3) is 11.6 Å². The maximum absolute atomic E-state index is 12.2. The number of amides is 1. The highest BCUT2D eigenvalue weighted by atomic mass is 16.6. The number of rotatable bonds is 4. The molecule has 1 amide bonds. The second-order valence-corrected chi connectivity index (χ2v) is 4.80. The number of nitro groups is 1. The number of carbonyl (C=O) groups excluding carboxylic acids is 1. The number of aromatic nitrogens is 1. The van der Waals surface area contributed by atoms with Gasteiger partial charge in [-0.25, -0.2) is 0 Å². The van der Waals surface area contributed by atoms with Crippen molar-refractivity contribution < 1.29 is 14.8 Å². The van der Waals surface area contributed by atoms with Crippen LogP contribution in [0.3, 0.4) is 0 Å². The van der Waals surface area contributed by atoms with E-state index in [2.05, 4.69) is 4.98 Å². The Morgan fingerprint density at radius 3 is 3.05 bits per heavy atom. The third-order valence-corrected chi connectivity index (χ3v) is 3.45. The molecule has 1 unspecified atom stereocenters. The maximum atomic E-state index is 12.2. The summed E-state index contributed by atoms with van der Waals surface area (Å²) in [5, 5.41) is 19.5. The Morgan fingerprint density at radius 2 is 2.42 bits per heavy atom. The van der Waals surface area contributed by atoms with Crippen LogP contribution < -0.4 is 0 Å². The second kappa shape index (κ2) is 5.83. The first-order valence-electron chi connectivity index (χ1n) is 6.34. The fourth-order valence-corrected chi connectivity index (χ4v) is 2.45. The number of hydrogen-bond acceptors (Lipinski definition) is 4. The molecule has 0 radical (unpaired) electrons. The van der Waals surface area contributed by atoms with Gasteiger partial charge >= 0.3 is 0 Å². The molecular formula is C12H17N3O4. The number of likely N-dealkylation sites (tertiary alicyclic amines) is 1. The molecule has 1 atom stereocenters. The first-order chi connectivity index (χ1) is 9.11. The van der Waals surface area contributed by atoms with Gasteiger partial charge in [-0.3, -0.25) is 14.9 Å². The summed E-state index contributed by atoms with van der Waals surface area (Å²) in [6, 6.07) is 1.26. The van der Waals surface area contributed by atoms with Crippen LogP contribution in [0.25, 0.3) is 0 Å². The zero-order valence-electron chi connectivity index (χ0n) is 10.5. The van der Waals surface area contributed by atoms with Crippen molar-refractivity contribution >= 4 is 11.6 Å². The lowest BCUT2D eigenvalue weighted by Crippen LogP contribution is -2.40. The van der Waals surface area contributed by atoms with Crippen LogP contribution in [0.15, 0.2) is 12.3 Å². The van der Waals surface area contributed by atoms with Crippen molar-refractivity contribution in [2.75, 3.05) is 19.7 Å². The number of H-pyrrole nitrogens is 1. The highest BCUT2D eigenvalue weighted by Crippen LogP contribution is 2.21. The quantitative estimate of drug-likeness (QED) is 0.631. The summed E-state index contributed by atoms with van der Waals surface area (Å²) in [5.74, 6) is 0.100. The molecule has 0 bridgehead atoms. The fourth-order valence-electron chi connectivity index (χ4n) is 2.45. The summed E-state index contributed by atoms with van der Waals surface area (Å²) in [6.45, 7) is 1.39. The van der Waals surface area contributed by atoms with Gasteiger partial charge in [-0.05, 0) is 25.2 Å². The molecular weight excluding hydrogens is 250 g/mol. The van der Waals surface area contributed by atoms with E-state index < -0.39 is 4.92 Å². The lowest BCUT2D eigenvalue weighted by atomic mass is 9.95. The summed E-state index contributed by atoms with van der Waals surface area (Å²) >= 11 is 0. The van der Waals surface area contributed by atoms with Crippen LogP contribution in [0.2, 0.25) is 0 Å². The van der Waals surface area contributed by atoms with Crippen LogP contribution in [-0.4, -0.2) is 45.5 Å². The number of hydrogen-bond donors (Lipinski definition) is 2. The van der Waals surface area contributed by atoms with Crippen LogP contribution in [-0.2, 0) is 0 Å². The molecule has 0 saturated carbocycles. The van der Waals surface area contributed by atoms with E-state index in [1.807, 2.05) is 0 Å². The average Bonchev–Trinajstić information content (AvgIpc) is 2.88.